The van der Waals surface area contributed by atoms with Crippen LogP contribution in [0.4, 0.5) is 0 Å². The minimum atomic E-state index is 0.235. The van der Waals surface area contributed by atoms with Gasteiger partial charge in [0.15, 0.2) is 0 Å². The number of nitrogens with one attached hydrogen (secondary N) is 1. The third-order valence-corrected chi connectivity index (χ3v) is 3.35. The van der Waals surface area contributed by atoms with E-state index in [0.717, 1.165) is 30.8 Å². The van der Waals surface area contributed by atoms with E-state index in [9.17, 15) is 0 Å². The number of pyridine rings is 1. The second-order valence-corrected chi connectivity index (χ2v) is 5.38. The van der Waals surface area contributed by atoms with Crippen LogP contribution in [0, 0.1) is 0 Å². The third kappa shape index (κ3) is 5.74. The van der Waals surface area contributed by atoms with E-state index in [4.69, 9.17) is 16.3 Å². The van der Waals surface area contributed by atoms with E-state index in [1.807, 2.05) is 48.7 Å². The lowest BCUT2D eigenvalue weighted by molar-refractivity contribution is 0.262. The van der Waals surface area contributed by atoms with Gasteiger partial charge in [0.25, 0.3) is 0 Å². The van der Waals surface area contributed by atoms with Crippen molar-refractivity contribution in [1.29, 1.82) is 0 Å². The van der Waals surface area contributed by atoms with E-state index in [-0.39, 0.29) is 6.04 Å². The fraction of sp³-hybridized carbons (Fsp3) is 0.353. The summed E-state index contributed by atoms with van der Waals surface area (Å²) in [6.07, 6.45) is 3.77. The Balaban J connectivity index is 1.92. The molecule has 2 aromatic rings. The highest BCUT2D eigenvalue weighted by Gasteiger charge is 2.10. The molecule has 21 heavy (non-hydrogen) atoms. The minimum Gasteiger partial charge on any atom is -0.492 e. The predicted octanol–water partition coefficient (Wildman–Crippen LogP) is 3.72. The van der Waals surface area contributed by atoms with Crippen molar-refractivity contribution in [2.45, 2.75) is 25.8 Å². The molecule has 0 aliphatic carbocycles. The molecule has 0 saturated heterocycles. The summed E-state index contributed by atoms with van der Waals surface area (Å²) in [7, 11) is 0. The first-order valence-corrected chi connectivity index (χ1v) is 7.67. The summed E-state index contributed by atoms with van der Waals surface area (Å²) < 4.78 is 5.84. The summed E-state index contributed by atoms with van der Waals surface area (Å²) in [4.78, 5) is 4.38. The van der Waals surface area contributed by atoms with Gasteiger partial charge < -0.3 is 10.1 Å². The number of benzene rings is 1. The Labute approximate surface area is 131 Å². The highest BCUT2D eigenvalue weighted by Crippen LogP contribution is 2.17. The van der Waals surface area contributed by atoms with E-state index in [0.29, 0.717) is 11.6 Å². The van der Waals surface area contributed by atoms with Crippen LogP contribution in [-0.4, -0.2) is 24.2 Å². The summed E-state index contributed by atoms with van der Waals surface area (Å²) in [6, 6.07) is 13.7. The second kappa shape index (κ2) is 8.65. The normalized spacial score (nSPS) is 12.1. The molecule has 1 unspecified atom stereocenters. The zero-order chi connectivity index (χ0) is 14.9. The van der Waals surface area contributed by atoms with Gasteiger partial charge in [0, 0.05) is 29.4 Å². The first-order valence-electron chi connectivity index (χ1n) is 7.29. The smallest absolute Gasteiger partial charge is 0.120 e. The molecular formula is C17H21ClN2O. The van der Waals surface area contributed by atoms with Gasteiger partial charge in [-0.25, -0.2) is 0 Å². The van der Waals surface area contributed by atoms with Crippen LogP contribution in [0.1, 0.15) is 19.0 Å². The number of ether oxygens (including phenoxy) is 1. The van der Waals surface area contributed by atoms with Crippen molar-refractivity contribution < 1.29 is 4.74 Å². The Hall–Kier alpha value is -1.58. The molecule has 0 amide bonds. The van der Waals surface area contributed by atoms with Crippen molar-refractivity contribution in [3.05, 3.63) is 59.4 Å². The first kappa shape index (κ1) is 15.8. The Kier molecular flexibility index (Phi) is 6.51. The minimum absolute atomic E-state index is 0.235. The maximum absolute atomic E-state index is 5.97. The summed E-state index contributed by atoms with van der Waals surface area (Å²) in [5.74, 6) is 0.798. The molecule has 112 valence electrons. The summed E-state index contributed by atoms with van der Waals surface area (Å²) in [6.45, 7) is 3.72. The SMILES string of the molecule is CCCNC(COc1cccc(Cl)c1)Cc1ccccn1. The van der Waals surface area contributed by atoms with E-state index >= 15 is 0 Å². The molecule has 0 radical (unpaired) electrons. The number of hydrogen-bond donors (Lipinski definition) is 1. The van der Waals surface area contributed by atoms with Crippen molar-refractivity contribution >= 4 is 11.6 Å². The molecule has 2 rings (SSSR count). The molecule has 1 aromatic heterocycles. The monoisotopic (exact) mass is 304 g/mol. The Morgan fingerprint density at radius 1 is 1.24 bits per heavy atom. The number of rotatable bonds is 8. The highest BCUT2D eigenvalue weighted by atomic mass is 35.5. The van der Waals surface area contributed by atoms with Crippen LogP contribution in [0.15, 0.2) is 48.7 Å². The third-order valence-electron chi connectivity index (χ3n) is 3.11. The van der Waals surface area contributed by atoms with Gasteiger partial charge in [-0.2, -0.15) is 0 Å². The Morgan fingerprint density at radius 3 is 2.86 bits per heavy atom. The molecule has 0 aliphatic heterocycles. The molecule has 0 saturated carbocycles. The molecule has 4 heteroatoms. The Bertz CT molecular complexity index is 533. The first-order chi connectivity index (χ1) is 10.3. The van der Waals surface area contributed by atoms with Crippen LogP contribution >= 0.6 is 11.6 Å². The average molecular weight is 305 g/mol. The van der Waals surface area contributed by atoms with Crippen LogP contribution in [0.25, 0.3) is 0 Å². The standard InChI is InChI=1S/C17H21ClN2O/c1-2-9-19-16(12-15-7-3-4-10-20-15)13-21-17-8-5-6-14(18)11-17/h3-8,10-11,16,19H,2,9,12-13H2,1H3. The molecular weight excluding hydrogens is 284 g/mol. The van der Waals surface area contributed by atoms with E-state index in [1.54, 1.807) is 0 Å². The lowest BCUT2D eigenvalue weighted by atomic mass is 10.1. The maximum Gasteiger partial charge on any atom is 0.120 e. The zero-order valence-electron chi connectivity index (χ0n) is 12.3. The van der Waals surface area contributed by atoms with Crippen LogP contribution < -0.4 is 10.1 Å². The lowest BCUT2D eigenvalue weighted by Crippen LogP contribution is -2.37. The number of aromatic nitrogens is 1. The van der Waals surface area contributed by atoms with E-state index in [1.165, 1.54) is 0 Å². The molecule has 0 fully saturated rings. The fourth-order valence-electron chi connectivity index (χ4n) is 2.06. The number of nitrogens with zero attached hydrogens (tertiary/aromatic N) is 1. The largest absolute Gasteiger partial charge is 0.492 e. The average Bonchev–Trinajstić information content (AvgIpc) is 2.51. The second-order valence-electron chi connectivity index (χ2n) is 4.94. The highest BCUT2D eigenvalue weighted by molar-refractivity contribution is 6.30. The van der Waals surface area contributed by atoms with Crippen LogP contribution in [0.2, 0.25) is 5.02 Å². The van der Waals surface area contributed by atoms with Crippen molar-refractivity contribution in [2.75, 3.05) is 13.2 Å². The zero-order valence-corrected chi connectivity index (χ0v) is 13.0. The summed E-state index contributed by atoms with van der Waals surface area (Å²) >= 11 is 5.97. The van der Waals surface area contributed by atoms with Gasteiger partial charge in [-0.1, -0.05) is 30.7 Å². The van der Waals surface area contributed by atoms with Crippen molar-refractivity contribution in [1.82, 2.24) is 10.3 Å². The molecule has 1 heterocycles. The van der Waals surface area contributed by atoms with Gasteiger partial charge in [0.05, 0.1) is 0 Å². The van der Waals surface area contributed by atoms with Gasteiger partial charge in [-0.3, -0.25) is 4.98 Å². The fourth-order valence-corrected chi connectivity index (χ4v) is 2.24. The maximum atomic E-state index is 5.97. The van der Waals surface area contributed by atoms with E-state index in [2.05, 4.69) is 17.2 Å². The van der Waals surface area contributed by atoms with Gasteiger partial charge >= 0.3 is 0 Å². The quantitative estimate of drug-likeness (QED) is 0.807. The number of hydrogen-bond acceptors (Lipinski definition) is 3. The van der Waals surface area contributed by atoms with E-state index < -0.39 is 0 Å². The number of halogens is 1. The molecule has 3 nitrogen and oxygen atoms in total. The van der Waals surface area contributed by atoms with Gasteiger partial charge in [-0.05, 0) is 43.3 Å². The van der Waals surface area contributed by atoms with Crippen LogP contribution in [0.5, 0.6) is 5.75 Å². The van der Waals surface area contributed by atoms with Crippen molar-refractivity contribution in [2.24, 2.45) is 0 Å². The van der Waals surface area contributed by atoms with Gasteiger partial charge in [-0.15, -0.1) is 0 Å². The van der Waals surface area contributed by atoms with Crippen LogP contribution in [-0.2, 0) is 6.42 Å². The van der Waals surface area contributed by atoms with Gasteiger partial charge in [0.1, 0.15) is 12.4 Å². The summed E-state index contributed by atoms with van der Waals surface area (Å²) in [5, 5.41) is 4.19. The molecule has 1 aromatic carbocycles. The topological polar surface area (TPSA) is 34.1 Å². The molecule has 1 atom stereocenters. The van der Waals surface area contributed by atoms with Crippen LogP contribution in [0.3, 0.4) is 0 Å². The van der Waals surface area contributed by atoms with Crippen molar-refractivity contribution in [3.63, 3.8) is 0 Å². The summed E-state index contributed by atoms with van der Waals surface area (Å²) in [5.41, 5.74) is 1.07. The van der Waals surface area contributed by atoms with Crippen molar-refractivity contribution in [3.8, 4) is 5.75 Å². The van der Waals surface area contributed by atoms with Gasteiger partial charge in [0.2, 0.25) is 0 Å². The molecule has 0 aliphatic rings. The Morgan fingerprint density at radius 2 is 2.14 bits per heavy atom. The molecule has 0 spiro atoms. The molecule has 1 N–H and O–H groups in total. The lowest BCUT2D eigenvalue weighted by Gasteiger charge is -2.19. The predicted molar refractivity (Wildman–Crippen MR) is 87.0 cm³/mol. The molecule has 0 bridgehead atoms.